The molecule has 0 aliphatic heterocycles. The zero-order valence-electron chi connectivity index (χ0n) is 8.96. The Morgan fingerprint density at radius 3 is 2.36 bits per heavy atom. The fraction of sp³-hybridized carbons (Fsp3) is 0.778. The van der Waals surface area contributed by atoms with Gasteiger partial charge < -0.3 is 15.2 Å². The minimum Gasteiger partial charge on any atom is -0.480 e. The molecule has 0 aromatic carbocycles. The first kappa shape index (κ1) is 12.9. The molecule has 5 nitrogen and oxygen atoms in total. The summed E-state index contributed by atoms with van der Waals surface area (Å²) in [4.78, 5) is 22.0. The van der Waals surface area contributed by atoms with E-state index in [-0.39, 0.29) is 0 Å². The summed E-state index contributed by atoms with van der Waals surface area (Å²) < 4.78 is 5.02. The Bertz CT molecular complexity index is 223. The van der Waals surface area contributed by atoms with Crippen molar-refractivity contribution in [3.05, 3.63) is 0 Å². The molecule has 0 aromatic heterocycles. The van der Waals surface area contributed by atoms with Gasteiger partial charge in [0.05, 0.1) is 0 Å². The van der Waals surface area contributed by atoms with Crippen LogP contribution in [0.15, 0.2) is 0 Å². The molecule has 0 aliphatic rings. The number of hydrogen-bond acceptors (Lipinski definition) is 3. The van der Waals surface area contributed by atoms with Crippen molar-refractivity contribution in [2.45, 2.75) is 38.8 Å². The Hall–Kier alpha value is -1.10. The number of aliphatic carboxylic acids is 1. The van der Waals surface area contributed by atoms with Crippen molar-refractivity contribution in [3.8, 4) is 0 Å². The van der Waals surface area contributed by atoms with Crippen molar-refractivity contribution in [1.29, 1.82) is 0 Å². The number of carbonyl (C=O) groups is 2. The number of methoxy groups -OCH3 is 1. The van der Waals surface area contributed by atoms with E-state index in [4.69, 9.17) is 9.84 Å². The average Bonchev–Trinajstić information content (AvgIpc) is 2.16. The first-order chi connectivity index (χ1) is 6.37. The molecule has 0 aromatic rings. The molecule has 2 atom stereocenters. The molecule has 5 heteroatoms. The first-order valence-electron chi connectivity index (χ1n) is 4.46. The molecular formula is C9H17NO4. The van der Waals surface area contributed by atoms with Crippen LogP contribution in [0.25, 0.3) is 0 Å². The summed E-state index contributed by atoms with van der Waals surface area (Å²) in [6, 6.07) is -0.900. The van der Waals surface area contributed by atoms with Crippen LogP contribution >= 0.6 is 0 Å². The van der Waals surface area contributed by atoms with Gasteiger partial charge in [-0.2, -0.15) is 0 Å². The normalized spacial score (nSPS) is 16.9. The maximum atomic E-state index is 11.5. The SMILES string of the molecule is CCC(C)(OC)C(=O)N[C@@H](C)C(=O)O. The molecule has 0 heterocycles. The Morgan fingerprint density at radius 1 is 1.57 bits per heavy atom. The molecule has 0 aliphatic carbocycles. The van der Waals surface area contributed by atoms with Gasteiger partial charge in [-0.3, -0.25) is 9.59 Å². The van der Waals surface area contributed by atoms with Crippen molar-refractivity contribution < 1.29 is 19.4 Å². The highest BCUT2D eigenvalue weighted by atomic mass is 16.5. The number of amides is 1. The molecular weight excluding hydrogens is 186 g/mol. The first-order valence-corrected chi connectivity index (χ1v) is 4.46. The number of hydrogen-bond donors (Lipinski definition) is 2. The highest BCUT2D eigenvalue weighted by Crippen LogP contribution is 2.13. The molecule has 0 radical (unpaired) electrons. The lowest BCUT2D eigenvalue weighted by Crippen LogP contribution is -2.50. The van der Waals surface area contributed by atoms with Crippen molar-refractivity contribution in [2.75, 3.05) is 7.11 Å². The van der Waals surface area contributed by atoms with E-state index in [1.165, 1.54) is 14.0 Å². The Morgan fingerprint density at radius 2 is 2.07 bits per heavy atom. The zero-order valence-corrected chi connectivity index (χ0v) is 8.96. The van der Waals surface area contributed by atoms with Crippen molar-refractivity contribution >= 4 is 11.9 Å². The second kappa shape index (κ2) is 4.95. The quantitative estimate of drug-likeness (QED) is 0.677. The minimum atomic E-state index is -1.06. The van der Waals surface area contributed by atoms with Crippen LogP contribution in [0.1, 0.15) is 27.2 Å². The maximum Gasteiger partial charge on any atom is 0.325 e. The molecule has 82 valence electrons. The van der Waals surface area contributed by atoms with Crippen LogP contribution in [0.4, 0.5) is 0 Å². The van der Waals surface area contributed by atoms with Crippen LogP contribution in [0.5, 0.6) is 0 Å². The lowest BCUT2D eigenvalue weighted by Gasteiger charge is -2.26. The lowest BCUT2D eigenvalue weighted by atomic mass is 10.0. The second-order valence-corrected chi connectivity index (χ2v) is 3.32. The summed E-state index contributed by atoms with van der Waals surface area (Å²) in [5.74, 6) is -1.47. The molecule has 1 amide bonds. The number of carboxylic acid groups (broad SMARTS) is 1. The number of rotatable bonds is 5. The highest BCUT2D eigenvalue weighted by molar-refractivity contribution is 5.88. The zero-order chi connectivity index (χ0) is 11.4. The monoisotopic (exact) mass is 203 g/mol. The lowest BCUT2D eigenvalue weighted by molar-refractivity contribution is -0.148. The van der Waals surface area contributed by atoms with Gasteiger partial charge in [0.2, 0.25) is 0 Å². The van der Waals surface area contributed by atoms with Gasteiger partial charge in [0.25, 0.3) is 5.91 Å². The Balaban J connectivity index is 4.40. The van der Waals surface area contributed by atoms with Crippen LogP contribution in [0, 0.1) is 0 Å². The van der Waals surface area contributed by atoms with E-state index >= 15 is 0 Å². The Kier molecular flexibility index (Phi) is 4.56. The standard InChI is InChI=1S/C9H17NO4/c1-5-9(3,14-4)8(13)10-6(2)7(11)12/h6H,5H2,1-4H3,(H,10,13)(H,11,12)/t6-,9?/m0/s1. The number of ether oxygens (including phenoxy) is 1. The van der Waals surface area contributed by atoms with E-state index < -0.39 is 23.5 Å². The molecule has 0 bridgehead atoms. The van der Waals surface area contributed by atoms with Crippen LogP contribution in [0.3, 0.4) is 0 Å². The summed E-state index contributed by atoms with van der Waals surface area (Å²) in [5, 5.41) is 10.9. The smallest absolute Gasteiger partial charge is 0.325 e. The minimum absolute atomic E-state index is 0.405. The number of carboxylic acids is 1. The molecule has 0 saturated heterocycles. The van der Waals surface area contributed by atoms with E-state index in [0.29, 0.717) is 6.42 Å². The molecule has 14 heavy (non-hydrogen) atoms. The number of nitrogens with one attached hydrogen (secondary N) is 1. The molecule has 0 fully saturated rings. The van der Waals surface area contributed by atoms with Crippen LogP contribution in [0.2, 0.25) is 0 Å². The third kappa shape index (κ3) is 2.99. The van der Waals surface area contributed by atoms with Crippen molar-refractivity contribution in [1.82, 2.24) is 5.32 Å². The summed E-state index contributed by atoms with van der Waals surface area (Å²) in [6.07, 6.45) is 0.488. The van der Waals surface area contributed by atoms with Gasteiger partial charge >= 0.3 is 5.97 Å². The van der Waals surface area contributed by atoms with Gasteiger partial charge in [0.1, 0.15) is 11.6 Å². The van der Waals surface area contributed by atoms with E-state index in [0.717, 1.165) is 0 Å². The van der Waals surface area contributed by atoms with E-state index in [9.17, 15) is 9.59 Å². The molecule has 0 spiro atoms. The van der Waals surface area contributed by atoms with Crippen molar-refractivity contribution in [2.24, 2.45) is 0 Å². The third-order valence-corrected chi connectivity index (χ3v) is 2.32. The average molecular weight is 203 g/mol. The maximum absolute atomic E-state index is 11.5. The molecule has 2 N–H and O–H groups in total. The van der Waals surface area contributed by atoms with Crippen LogP contribution < -0.4 is 5.32 Å². The largest absolute Gasteiger partial charge is 0.480 e. The fourth-order valence-electron chi connectivity index (χ4n) is 0.809. The van der Waals surface area contributed by atoms with Gasteiger partial charge in [-0.05, 0) is 20.3 Å². The predicted octanol–water partition coefficient (Wildman–Crippen LogP) is 0.391. The van der Waals surface area contributed by atoms with Gasteiger partial charge in [-0.15, -0.1) is 0 Å². The van der Waals surface area contributed by atoms with E-state index in [2.05, 4.69) is 5.32 Å². The fourth-order valence-corrected chi connectivity index (χ4v) is 0.809. The predicted molar refractivity (Wildman–Crippen MR) is 50.9 cm³/mol. The van der Waals surface area contributed by atoms with Crippen LogP contribution in [-0.4, -0.2) is 35.7 Å². The summed E-state index contributed by atoms with van der Waals surface area (Å²) in [5.41, 5.74) is -0.955. The second-order valence-electron chi connectivity index (χ2n) is 3.32. The molecule has 1 unspecified atom stereocenters. The molecule has 0 rings (SSSR count). The summed E-state index contributed by atoms with van der Waals surface area (Å²) >= 11 is 0. The number of carbonyl (C=O) groups excluding carboxylic acids is 1. The van der Waals surface area contributed by atoms with E-state index in [1.54, 1.807) is 13.8 Å². The third-order valence-electron chi connectivity index (χ3n) is 2.32. The van der Waals surface area contributed by atoms with Gasteiger partial charge in [0, 0.05) is 7.11 Å². The van der Waals surface area contributed by atoms with Crippen molar-refractivity contribution in [3.63, 3.8) is 0 Å². The topological polar surface area (TPSA) is 75.6 Å². The van der Waals surface area contributed by atoms with Gasteiger partial charge in [-0.1, -0.05) is 6.92 Å². The van der Waals surface area contributed by atoms with Gasteiger partial charge in [0.15, 0.2) is 0 Å². The molecule has 0 saturated carbocycles. The Labute approximate surface area is 83.4 Å². The van der Waals surface area contributed by atoms with Crippen LogP contribution in [-0.2, 0) is 14.3 Å². The summed E-state index contributed by atoms with van der Waals surface area (Å²) in [6.45, 7) is 4.83. The highest BCUT2D eigenvalue weighted by Gasteiger charge is 2.32. The van der Waals surface area contributed by atoms with E-state index in [1.807, 2.05) is 0 Å². The summed E-state index contributed by atoms with van der Waals surface area (Å²) in [7, 11) is 1.43. The van der Waals surface area contributed by atoms with Gasteiger partial charge in [-0.25, -0.2) is 0 Å².